The molecule has 1 heterocycles. The summed E-state index contributed by atoms with van der Waals surface area (Å²) in [5.74, 6) is 0. The van der Waals surface area contributed by atoms with Gasteiger partial charge >= 0.3 is 12.2 Å². The summed E-state index contributed by atoms with van der Waals surface area (Å²) in [5.41, 5.74) is 0.970. The molecule has 0 fully saturated rings. The lowest BCUT2D eigenvalue weighted by atomic mass is 9.90. The van der Waals surface area contributed by atoms with Crippen LogP contribution in [0.1, 0.15) is 37.8 Å². The summed E-state index contributed by atoms with van der Waals surface area (Å²) in [4.78, 5) is 24.8. The minimum atomic E-state index is -1.32. The molecule has 3 rings (SSSR count). The van der Waals surface area contributed by atoms with Crippen LogP contribution in [0.25, 0.3) is 0 Å². The van der Waals surface area contributed by atoms with Gasteiger partial charge in [-0.15, -0.1) is 5.11 Å². The Morgan fingerprint density at radius 2 is 1.63 bits per heavy atom. The molecule has 0 radical (unpaired) electrons. The third kappa shape index (κ3) is 4.53. The van der Waals surface area contributed by atoms with Gasteiger partial charge in [-0.2, -0.15) is 10.1 Å². The molecule has 2 aromatic rings. The van der Waals surface area contributed by atoms with Gasteiger partial charge in [0.1, 0.15) is 0 Å². The van der Waals surface area contributed by atoms with E-state index in [1.54, 1.807) is 13.8 Å². The molecule has 2 amide bonds. The fraction of sp³-hybridized carbons (Fsp3) is 0.318. The van der Waals surface area contributed by atoms with E-state index in [2.05, 4.69) is 15.3 Å². The highest BCUT2D eigenvalue weighted by Gasteiger charge is 2.46. The fourth-order valence-electron chi connectivity index (χ4n) is 3.26. The van der Waals surface area contributed by atoms with Crippen molar-refractivity contribution in [3.8, 4) is 0 Å². The number of nitrogens with zero attached hydrogens (tertiary/aromatic N) is 4. The Bertz CT molecular complexity index is 931. The van der Waals surface area contributed by atoms with E-state index in [4.69, 9.17) is 9.47 Å². The number of hydrogen-bond donors (Lipinski definition) is 0. The number of hydrogen-bond acceptors (Lipinski definition) is 6. The van der Waals surface area contributed by atoms with Crippen LogP contribution in [-0.2, 0) is 15.1 Å². The number of amides is 2. The second-order valence-corrected chi connectivity index (χ2v) is 6.50. The average molecular weight is 408 g/mol. The van der Waals surface area contributed by atoms with E-state index in [-0.39, 0.29) is 13.2 Å². The zero-order chi connectivity index (χ0) is 21.4. The largest absolute Gasteiger partial charge is 0.452 e. The van der Waals surface area contributed by atoms with Crippen LogP contribution in [0.2, 0.25) is 0 Å². The van der Waals surface area contributed by atoms with Crippen molar-refractivity contribution in [2.45, 2.75) is 32.4 Å². The number of hydrazone groups is 1. The summed E-state index contributed by atoms with van der Waals surface area (Å²) >= 11 is 0. The summed E-state index contributed by atoms with van der Waals surface area (Å²) in [5, 5.41) is 13.8. The maximum absolute atomic E-state index is 12.9. The van der Waals surface area contributed by atoms with Crippen LogP contribution in [0.5, 0.6) is 0 Å². The summed E-state index contributed by atoms with van der Waals surface area (Å²) in [6.45, 7) is 3.75. The highest BCUT2D eigenvalue weighted by molar-refractivity contribution is 6.01. The van der Waals surface area contributed by atoms with Crippen molar-refractivity contribution in [1.82, 2.24) is 5.01 Å². The Morgan fingerprint density at radius 3 is 2.27 bits per heavy atom. The van der Waals surface area contributed by atoms with Crippen molar-refractivity contribution in [2.24, 2.45) is 15.3 Å². The SMILES string of the molecule is CCOC(=O)/N=N/C1(c2ccccc2)CCC(c2ccccc2)=NN1C(=O)OCC. The topological polar surface area (TPSA) is 92.9 Å². The zero-order valence-electron chi connectivity index (χ0n) is 17.0. The second-order valence-electron chi connectivity index (χ2n) is 6.50. The number of azo groups is 1. The van der Waals surface area contributed by atoms with Crippen molar-refractivity contribution in [3.05, 3.63) is 71.8 Å². The first-order chi connectivity index (χ1) is 14.6. The molecule has 156 valence electrons. The maximum Gasteiger partial charge on any atom is 0.452 e. The van der Waals surface area contributed by atoms with E-state index in [0.717, 1.165) is 11.3 Å². The minimum Gasteiger partial charge on any atom is -0.448 e. The number of carbonyl (C=O) groups is 2. The van der Waals surface area contributed by atoms with E-state index >= 15 is 0 Å². The third-order valence-electron chi connectivity index (χ3n) is 4.63. The molecule has 0 aliphatic carbocycles. The van der Waals surface area contributed by atoms with Crippen LogP contribution < -0.4 is 0 Å². The Labute approximate surface area is 175 Å². The Morgan fingerprint density at radius 1 is 1.00 bits per heavy atom. The van der Waals surface area contributed by atoms with Gasteiger partial charge in [-0.25, -0.2) is 9.59 Å². The van der Waals surface area contributed by atoms with Gasteiger partial charge in [0.25, 0.3) is 0 Å². The number of rotatable bonds is 5. The Kier molecular flexibility index (Phi) is 6.90. The highest BCUT2D eigenvalue weighted by Crippen LogP contribution is 2.40. The molecule has 8 heteroatoms. The predicted octanol–water partition coefficient (Wildman–Crippen LogP) is 5.10. The first-order valence-electron chi connectivity index (χ1n) is 9.85. The highest BCUT2D eigenvalue weighted by atomic mass is 16.6. The van der Waals surface area contributed by atoms with Crippen molar-refractivity contribution in [3.63, 3.8) is 0 Å². The Hall–Kier alpha value is -3.55. The van der Waals surface area contributed by atoms with Crippen LogP contribution in [0.15, 0.2) is 76.0 Å². The average Bonchev–Trinajstić information content (AvgIpc) is 2.79. The molecule has 1 aliphatic heterocycles. The van der Waals surface area contributed by atoms with Gasteiger partial charge in [0, 0.05) is 12.0 Å². The van der Waals surface area contributed by atoms with Crippen LogP contribution in [0.4, 0.5) is 9.59 Å². The monoisotopic (exact) mass is 408 g/mol. The molecule has 1 atom stereocenters. The molecule has 1 unspecified atom stereocenters. The van der Waals surface area contributed by atoms with Gasteiger partial charge in [0.2, 0.25) is 5.66 Å². The van der Waals surface area contributed by atoms with Crippen LogP contribution in [-0.4, -0.2) is 36.1 Å². The van der Waals surface area contributed by atoms with E-state index in [0.29, 0.717) is 18.4 Å². The summed E-state index contributed by atoms with van der Waals surface area (Å²) in [7, 11) is 0. The van der Waals surface area contributed by atoms with Crippen LogP contribution in [0.3, 0.4) is 0 Å². The van der Waals surface area contributed by atoms with E-state index in [1.807, 2.05) is 60.7 Å². The van der Waals surface area contributed by atoms with Gasteiger partial charge in [-0.05, 0) is 25.8 Å². The van der Waals surface area contributed by atoms with Crippen molar-refractivity contribution < 1.29 is 19.1 Å². The molecule has 1 aliphatic rings. The second kappa shape index (κ2) is 9.78. The van der Waals surface area contributed by atoms with Gasteiger partial charge in [-0.1, -0.05) is 65.8 Å². The molecular formula is C22H24N4O4. The van der Waals surface area contributed by atoms with Crippen molar-refractivity contribution in [2.75, 3.05) is 13.2 Å². The summed E-state index contributed by atoms with van der Waals surface area (Å²) in [6, 6.07) is 18.7. The lowest BCUT2D eigenvalue weighted by molar-refractivity contribution is 0.0413. The van der Waals surface area contributed by atoms with E-state index in [9.17, 15) is 9.59 Å². The lowest BCUT2D eigenvalue weighted by Crippen LogP contribution is -2.48. The summed E-state index contributed by atoms with van der Waals surface area (Å²) in [6.07, 6.45) is -0.602. The smallest absolute Gasteiger partial charge is 0.448 e. The lowest BCUT2D eigenvalue weighted by Gasteiger charge is -2.39. The quantitative estimate of drug-likeness (QED) is 0.643. The molecule has 0 spiro atoms. The van der Waals surface area contributed by atoms with E-state index in [1.165, 1.54) is 5.01 Å². The van der Waals surface area contributed by atoms with Crippen molar-refractivity contribution >= 4 is 17.9 Å². The fourth-order valence-corrected chi connectivity index (χ4v) is 3.26. The van der Waals surface area contributed by atoms with Crippen LogP contribution in [0, 0.1) is 0 Å². The molecule has 0 bridgehead atoms. The Balaban J connectivity index is 2.12. The normalized spacial score (nSPS) is 18.7. The zero-order valence-corrected chi connectivity index (χ0v) is 17.0. The molecule has 8 nitrogen and oxygen atoms in total. The summed E-state index contributed by atoms with van der Waals surface area (Å²) < 4.78 is 10.1. The van der Waals surface area contributed by atoms with Gasteiger partial charge in [-0.3, -0.25) is 0 Å². The molecule has 0 N–H and O–H groups in total. The number of ether oxygens (including phenoxy) is 2. The molecule has 30 heavy (non-hydrogen) atoms. The third-order valence-corrected chi connectivity index (χ3v) is 4.63. The van der Waals surface area contributed by atoms with Gasteiger partial charge in [0.15, 0.2) is 0 Å². The number of carbonyl (C=O) groups excluding carboxylic acids is 2. The van der Waals surface area contributed by atoms with Crippen LogP contribution >= 0.6 is 0 Å². The number of benzene rings is 2. The first-order valence-corrected chi connectivity index (χ1v) is 9.85. The minimum absolute atomic E-state index is 0.172. The molecular weight excluding hydrogens is 384 g/mol. The van der Waals surface area contributed by atoms with Crippen molar-refractivity contribution in [1.29, 1.82) is 0 Å². The maximum atomic E-state index is 12.9. The molecule has 2 aromatic carbocycles. The molecule has 0 saturated heterocycles. The van der Waals surface area contributed by atoms with E-state index < -0.39 is 17.8 Å². The standard InChI is InChI=1S/C22H24N4O4/c1-3-29-20(27)23-25-22(18-13-9-6-10-14-18)16-15-19(17-11-7-5-8-12-17)24-26(22)21(28)30-4-2/h5-14H,3-4,15-16H2,1-2H3/b25-23+. The molecule has 0 aromatic heterocycles. The van der Waals surface area contributed by atoms with Gasteiger partial charge in [0.05, 0.1) is 18.9 Å². The molecule has 0 saturated carbocycles. The van der Waals surface area contributed by atoms with Gasteiger partial charge < -0.3 is 9.47 Å². The predicted molar refractivity (Wildman–Crippen MR) is 111 cm³/mol. The first kappa shape index (κ1) is 21.2.